The molecule has 2 atom stereocenters. The van der Waals surface area contributed by atoms with Crippen LogP contribution in [0.2, 0.25) is 0 Å². The Kier molecular flexibility index (Phi) is 6.48. The average molecular weight is 422 g/mol. The maximum Gasteiger partial charge on any atom is 0.325 e. The van der Waals surface area contributed by atoms with Crippen molar-refractivity contribution in [1.29, 1.82) is 0 Å². The first-order chi connectivity index (χ1) is 14.6. The summed E-state index contributed by atoms with van der Waals surface area (Å²) in [4.78, 5) is 39.0. The second-order valence-electron chi connectivity index (χ2n) is 8.94. The third kappa shape index (κ3) is 4.95. The van der Waals surface area contributed by atoms with E-state index in [1.165, 1.54) is 5.56 Å². The van der Waals surface area contributed by atoms with E-state index in [-0.39, 0.29) is 18.5 Å². The van der Waals surface area contributed by atoms with Gasteiger partial charge in [-0.25, -0.2) is 4.79 Å². The Morgan fingerprint density at radius 2 is 1.65 bits per heavy atom. The van der Waals surface area contributed by atoms with Gasteiger partial charge in [0, 0.05) is 0 Å². The predicted molar refractivity (Wildman–Crippen MR) is 120 cm³/mol. The van der Waals surface area contributed by atoms with Crippen LogP contribution in [0.5, 0.6) is 0 Å². The topological polar surface area (TPSA) is 78.5 Å². The molecule has 0 aliphatic carbocycles. The summed E-state index contributed by atoms with van der Waals surface area (Å²) >= 11 is 0. The molecule has 0 bridgehead atoms. The number of hydrogen-bond donors (Lipinski definition) is 2. The molecule has 164 valence electrons. The number of amides is 4. The van der Waals surface area contributed by atoms with Crippen LogP contribution in [0, 0.1) is 12.8 Å². The molecule has 0 aromatic heterocycles. The third-order valence-corrected chi connectivity index (χ3v) is 5.71. The minimum absolute atomic E-state index is 0.232. The van der Waals surface area contributed by atoms with Gasteiger partial charge in [-0.2, -0.15) is 0 Å². The Hall–Kier alpha value is -3.15. The average Bonchev–Trinajstić information content (AvgIpc) is 2.92. The number of nitrogens with zero attached hydrogens (tertiary/aromatic N) is 1. The molecule has 2 aromatic rings. The molecule has 1 fully saturated rings. The first kappa shape index (κ1) is 22.5. The number of urea groups is 1. The van der Waals surface area contributed by atoms with Gasteiger partial charge in [0.25, 0.3) is 5.91 Å². The molecule has 1 aliphatic rings. The number of hydrogen-bond acceptors (Lipinski definition) is 3. The molecule has 0 unspecified atom stereocenters. The highest BCUT2D eigenvalue weighted by Gasteiger charge is 2.49. The zero-order valence-corrected chi connectivity index (χ0v) is 18.9. The molecule has 31 heavy (non-hydrogen) atoms. The minimum Gasteiger partial charge on any atom is -0.348 e. The molecule has 3 rings (SSSR count). The standard InChI is InChI=1S/C25H31N3O3/c1-16(2)14-19-8-10-20(11-9-19)18(4)26-22(29)15-28-23(30)25(5,27-24(28)31)21-12-6-17(3)7-13-21/h6-13,16,18H,14-15H2,1-5H3,(H,26,29)(H,27,31)/t18-,25-/m1/s1. The second-order valence-corrected chi connectivity index (χ2v) is 8.94. The normalized spacial score (nSPS) is 19.5. The van der Waals surface area contributed by atoms with E-state index in [1.807, 2.05) is 50.2 Å². The molecule has 6 nitrogen and oxygen atoms in total. The lowest BCUT2D eigenvalue weighted by Crippen LogP contribution is -2.43. The molecule has 1 saturated heterocycles. The van der Waals surface area contributed by atoms with Crippen molar-refractivity contribution in [1.82, 2.24) is 15.5 Å². The van der Waals surface area contributed by atoms with Gasteiger partial charge in [-0.1, -0.05) is 67.9 Å². The Labute approximate surface area is 184 Å². The fourth-order valence-corrected chi connectivity index (χ4v) is 3.85. The molecule has 6 heteroatoms. The first-order valence-electron chi connectivity index (χ1n) is 10.7. The van der Waals surface area contributed by atoms with E-state index in [0.717, 1.165) is 22.4 Å². The fourth-order valence-electron chi connectivity index (χ4n) is 3.85. The van der Waals surface area contributed by atoms with Crippen LogP contribution >= 0.6 is 0 Å². The van der Waals surface area contributed by atoms with Crippen molar-refractivity contribution < 1.29 is 14.4 Å². The van der Waals surface area contributed by atoms with Crippen LogP contribution in [0.4, 0.5) is 4.79 Å². The minimum atomic E-state index is -1.18. The Morgan fingerprint density at radius 1 is 1.03 bits per heavy atom. The van der Waals surface area contributed by atoms with Crippen molar-refractivity contribution in [2.24, 2.45) is 5.92 Å². The van der Waals surface area contributed by atoms with Crippen LogP contribution in [0.15, 0.2) is 48.5 Å². The van der Waals surface area contributed by atoms with Crippen LogP contribution in [0.3, 0.4) is 0 Å². The van der Waals surface area contributed by atoms with Crippen molar-refractivity contribution in [2.75, 3.05) is 6.54 Å². The SMILES string of the molecule is Cc1ccc([C@@]2(C)NC(=O)N(CC(=O)N[C@H](C)c3ccc(CC(C)C)cc3)C2=O)cc1. The van der Waals surface area contributed by atoms with Crippen LogP contribution in [-0.2, 0) is 21.5 Å². The molecule has 2 N–H and O–H groups in total. The van der Waals surface area contributed by atoms with Crippen LogP contribution in [0.25, 0.3) is 0 Å². The van der Waals surface area contributed by atoms with Crippen LogP contribution in [-0.4, -0.2) is 29.3 Å². The van der Waals surface area contributed by atoms with Crippen molar-refractivity contribution >= 4 is 17.8 Å². The maximum atomic E-state index is 13.0. The molecular weight excluding hydrogens is 390 g/mol. The number of carbonyl (C=O) groups excluding carboxylic acids is 3. The Bertz CT molecular complexity index is 967. The quantitative estimate of drug-likeness (QED) is 0.667. The lowest BCUT2D eigenvalue weighted by molar-refractivity contribution is -0.135. The van der Waals surface area contributed by atoms with Gasteiger partial charge in [0.05, 0.1) is 6.04 Å². The van der Waals surface area contributed by atoms with E-state index < -0.39 is 17.5 Å². The van der Waals surface area contributed by atoms with Gasteiger partial charge in [-0.05, 0) is 49.8 Å². The van der Waals surface area contributed by atoms with E-state index in [2.05, 4.69) is 36.6 Å². The first-order valence-corrected chi connectivity index (χ1v) is 10.7. The summed E-state index contributed by atoms with van der Waals surface area (Å²) in [7, 11) is 0. The number of carbonyl (C=O) groups is 3. The summed E-state index contributed by atoms with van der Waals surface area (Å²) < 4.78 is 0. The zero-order valence-electron chi connectivity index (χ0n) is 18.9. The summed E-state index contributed by atoms with van der Waals surface area (Å²) in [6.07, 6.45) is 1.01. The molecule has 1 heterocycles. The molecule has 0 saturated carbocycles. The molecule has 0 radical (unpaired) electrons. The number of nitrogens with one attached hydrogen (secondary N) is 2. The molecule has 4 amide bonds. The van der Waals surface area contributed by atoms with Crippen molar-refractivity contribution in [3.63, 3.8) is 0 Å². The molecule has 1 aliphatic heterocycles. The van der Waals surface area contributed by atoms with E-state index in [0.29, 0.717) is 11.5 Å². The highest BCUT2D eigenvalue weighted by molar-refractivity contribution is 6.09. The lowest BCUT2D eigenvalue weighted by Gasteiger charge is -2.22. The molecule has 2 aromatic carbocycles. The van der Waals surface area contributed by atoms with Crippen molar-refractivity contribution in [3.8, 4) is 0 Å². The van der Waals surface area contributed by atoms with Gasteiger partial charge >= 0.3 is 6.03 Å². The predicted octanol–water partition coefficient (Wildman–Crippen LogP) is 3.84. The summed E-state index contributed by atoms with van der Waals surface area (Å²) in [6.45, 7) is 9.54. The number of benzene rings is 2. The second kappa shape index (κ2) is 8.92. The molecule has 0 spiro atoms. The van der Waals surface area contributed by atoms with E-state index >= 15 is 0 Å². The number of rotatable bonds is 7. The van der Waals surface area contributed by atoms with Gasteiger partial charge in [-0.15, -0.1) is 0 Å². The van der Waals surface area contributed by atoms with Gasteiger partial charge in [-0.3, -0.25) is 14.5 Å². The monoisotopic (exact) mass is 421 g/mol. The van der Waals surface area contributed by atoms with Gasteiger partial charge < -0.3 is 10.6 Å². The Morgan fingerprint density at radius 3 is 2.23 bits per heavy atom. The van der Waals surface area contributed by atoms with Gasteiger partial charge in [0.1, 0.15) is 12.1 Å². The smallest absolute Gasteiger partial charge is 0.325 e. The zero-order chi connectivity index (χ0) is 22.8. The van der Waals surface area contributed by atoms with Crippen molar-refractivity contribution in [2.45, 2.75) is 52.6 Å². The van der Waals surface area contributed by atoms with Crippen LogP contribution < -0.4 is 10.6 Å². The maximum absolute atomic E-state index is 13.0. The van der Waals surface area contributed by atoms with Gasteiger partial charge in [0.15, 0.2) is 0 Å². The van der Waals surface area contributed by atoms with Crippen molar-refractivity contribution in [3.05, 3.63) is 70.8 Å². The highest BCUT2D eigenvalue weighted by atomic mass is 16.2. The van der Waals surface area contributed by atoms with Gasteiger partial charge in [0.2, 0.25) is 5.91 Å². The lowest BCUT2D eigenvalue weighted by atomic mass is 9.91. The number of imide groups is 1. The summed E-state index contributed by atoms with van der Waals surface area (Å²) in [6, 6.07) is 14.8. The van der Waals surface area contributed by atoms with E-state index in [1.54, 1.807) is 6.92 Å². The molecular formula is C25H31N3O3. The Balaban J connectivity index is 1.64. The summed E-state index contributed by atoms with van der Waals surface area (Å²) in [5.74, 6) is -0.227. The van der Waals surface area contributed by atoms with E-state index in [9.17, 15) is 14.4 Å². The summed E-state index contributed by atoms with van der Waals surface area (Å²) in [5, 5.41) is 5.62. The van der Waals surface area contributed by atoms with Crippen LogP contribution in [0.1, 0.15) is 56.0 Å². The summed E-state index contributed by atoms with van der Waals surface area (Å²) in [5.41, 5.74) is 2.80. The van der Waals surface area contributed by atoms with E-state index in [4.69, 9.17) is 0 Å². The fraction of sp³-hybridized carbons (Fsp3) is 0.400. The highest BCUT2D eigenvalue weighted by Crippen LogP contribution is 2.29. The largest absolute Gasteiger partial charge is 0.348 e. The number of aryl methyl sites for hydroxylation is 1. The third-order valence-electron chi connectivity index (χ3n) is 5.71.